The molecule has 27 heavy (non-hydrogen) atoms. The Hall–Kier alpha value is -3.71. The van der Waals surface area contributed by atoms with Gasteiger partial charge in [0, 0.05) is 6.07 Å². The molecular weight excluding hydrogens is 379 g/mol. The highest BCUT2D eigenvalue weighted by atomic mass is 19.4. The number of nitrogens with one attached hydrogen (secondary N) is 1. The molecule has 0 saturated carbocycles. The molecule has 2 N–H and O–H groups in total. The number of rotatable bonds is 5. The smallest absolute Gasteiger partial charge is 0.442 e. The Labute approximate surface area is 147 Å². The van der Waals surface area contributed by atoms with E-state index >= 15 is 0 Å². The molecule has 1 amide bonds. The molecule has 0 aliphatic rings. The van der Waals surface area contributed by atoms with Crippen LogP contribution in [0.5, 0.6) is 5.75 Å². The van der Waals surface area contributed by atoms with Gasteiger partial charge in [-0.05, 0) is 13.0 Å². The van der Waals surface area contributed by atoms with Crippen LogP contribution in [0.15, 0.2) is 18.2 Å². The highest BCUT2D eigenvalue weighted by molar-refractivity contribution is 5.92. The number of benzene rings is 1. The Bertz CT molecular complexity index is 939. The van der Waals surface area contributed by atoms with Gasteiger partial charge >= 0.3 is 11.9 Å². The van der Waals surface area contributed by atoms with E-state index in [2.05, 4.69) is 10.4 Å². The maximum atomic E-state index is 12.9. The van der Waals surface area contributed by atoms with Gasteiger partial charge in [0.1, 0.15) is 18.0 Å². The SMILES string of the molecule is Cc1c([N+](=O)[O-])c(C(F)(F)F)nn1CC(=O)Nc1ccc([N+](=O)[O-])cc1O. The van der Waals surface area contributed by atoms with Gasteiger partial charge in [0.2, 0.25) is 11.6 Å². The monoisotopic (exact) mass is 389 g/mol. The van der Waals surface area contributed by atoms with Gasteiger partial charge in [-0.25, -0.2) is 0 Å². The third-order valence-corrected chi connectivity index (χ3v) is 3.39. The normalized spacial score (nSPS) is 11.3. The van der Waals surface area contributed by atoms with Crippen molar-refractivity contribution in [3.8, 4) is 5.75 Å². The summed E-state index contributed by atoms with van der Waals surface area (Å²) in [5, 5.41) is 36.3. The summed E-state index contributed by atoms with van der Waals surface area (Å²) in [6.45, 7) is 0.177. The van der Waals surface area contributed by atoms with Gasteiger partial charge in [-0.15, -0.1) is 0 Å². The number of aromatic nitrogens is 2. The van der Waals surface area contributed by atoms with E-state index in [9.17, 15) is 43.3 Å². The summed E-state index contributed by atoms with van der Waals surface area (Å²) in [5.74, 6) is -1.61. The molecule has 11 nitrogen and oxygen atoms in total. The van der Waals surface area contributed by atoms with Crippen molar-refractivity contribution in [1.82, 2.24) is 9.78 Å². The van der Waals surface area contributed by atoms with Gasteiger partial charge in [0.05, 0.1) is 21.6 Å². The molecule has 0 bridgehead atoms. The number of anilines is 1. The van der Waals surface area contributed by atoms with Crippen LogP contribution in [0.4, 0.5) is 30.2 Å². The first-order valence-corrected chi connectivity index (χ1v) is 6.98. The fourth-order valence-electron chi connectivity index (χ4n) is 2.17. The summed E-state index contributed by atoms with van der Waals surface area (Å²) < 4.78 is 39.1. The number of hydrogen-bond donors (Lipinski definition) is 2. The fraction of sp³-hybridized carbons (Fsp3) is 0.231. The Kier molecular flexibility index (Phi) is 5.01. The van der Waals surface area contributed by atoms with Crippen molar-refractivity contribution in [3.05, 3.63) is 49.8 Å². The van der Waals surface area contributed by atoms with Crippen LogP contribution in [-0.4, -0.2) is 30.6 Å². The lowest BCUT2D eigenvalue weighted by molar-refractivity contribution is -0.388. The van der Waals surface area contributed by atoms with Crippen molar-refractivity contribution < 1.29 is 32.9 Å². The number of nitrogens with zero attached hydrogens (tertiary/aromatic N) is 4. The quantitative estimate of drug-likeness (QED) is 0.452. The zero-order chi connectivity index (χ0) is 20.5. The Morgan fingerprint density at radius 2 is 1.93 bits per heavy atom. The summed E-state index contributed by atoms with van der Waals surface area (Å²) in [5.41, 5.74) is -4.18. The van der Waals surface area contributed by atoms with Crippen LogP contribution in [0.1, 0.15) is 11.4 Å². The number of phenols is 1. The molecule has 0 radical (unpaired) electrons. The Balaban J connectivity index is 2.26. The number of non-ortho nitro benzene ring substituents is 1. The van der Waals surface area contributed by atoms with Gasteiger partial charge in [-0.1, -0.05) is 0 Å². The van der Waals surface area contributed by atoms with Gasteiger partial charge in [-0.2, -0.15) is 18.3 Å². The van der Waals surface area contributed by atoms with Crippen LogP contribution in [0, 0.1) is 27.2 Å². The maximum absolute atomic E-state index is 12.9. The average molecular weight is 389 g/mol. The van der Waals surface area contributed by atoms with E-state index in [0.29, 0.717) is 4.68 Å². The van der Waals surface area contributed by atoms with Gasteiger partial charge in [0.15, 0.2) is 0 Å². The van der Waals surface area contributed by atoms with Crippen LogP contribution in [0.3, 0.4) is 0 Å². The minimum atomic E-state index is -5.09. The van der Waals surface area contributed by atoms with Crippen LogP contribution in [0.2, 0.25) is 0 Å². The van der Waals surface area contributed by atoms with Gasteiger partial charge in [0.25, 0.3) is 5.69 Å². The van der Waals surface area contributed by atoms with E-state index in [-0.39, 0.29) is 5.69 Å². The van der Waals surface area contributed by atoms with E-state index in [1.807, 2.05) is 0 Å². The molecule has 0 aliphatic heterocycles. The summed E-state index contributed by atoms with van der Waals surface area (Å²) in [4.78, 5) is 31.4. The van der Waals surface area contributed by atoms with Crippen LogP contribution in [0.25, 0.3) is 0 Å². The molecule has 1 aromatic carbocycles. The fourth-order valence-corrected chi connectivity index (χ4v) is 2.17. The molecular formula is C13H10F3N5O6. The molecule has 2 aromatic rings. The van der Waals surface area contributed by atoms with E-state index < -0.39 is 57.0 Å². The molecule has 0 spiro atoms. The minimum absolute atomic E-state index is 0.235. The van der Waals surface area contributed by atoms with Crippen molar-refractivity contribution >= 4 is 23.0 Å². The lowest BCUT2D eigenvalue weighted by Crippen LogP contribution is -2.21. The molecule has 0 atom stereocenters. The maximum Gasteiger partial charge on any atom is 0.442 e. The van der Waals surface area contributed by atoms with E-state index in [4.69, 9.17) is 0 Å². The van der Waals surface area contributed by atoms with Gasteiger partial charge in [-0.3, -0.25) is 29.7 Å². The number of hydrogen-bond acceptors (Lipinski definition) is 7. The second-order valence-corrected chi connectivity index (χ2v) is 5.20. The van der Waals surface area contributed by atoms with Crippen molar-refractivity contribution in [2.24, 2.45) is 0 Å². The topological polar surface area (TPSA) is 153 Å². The van der Waals surface area contributed by atoms with Crippen LogP contribution >= 0.6 is 0 Å². The number of halogens is 3. The summed E-state index contributed by atoms with van der Waals surface area (Å²) in [6, 6.07) is 2.77. The van der Waals surface area contributed by atoms with E-state index in [1.54, 1.807) is 0 Å². The molecule has 0 saturated heterocycles. The minimum Gasteiger partial charge on any atom is -0.506 e. The number of amides is 1. The molecule has 144 valence electrons. The lowest BCUT2D eigenvalue weighted by atomic mass is 10.2. The molecule has 0 aliphatic carbocycles. The average Bonchev–Trinajstić information content (AvgIpc) is 2.86. The molecule has 1 aromatic heterocycles. The highest BCUT2D eigenvalue weighted by Gasteiger charge is 2.44. The van der Waals surface area contributed by atoms with Crippen molar-refractivity contribution in [2.75, 3.05) is 5.32 Å². The molecule has 0 fully saturated rings. The molecule has 0 unspecified atom stereocenters. The van der Waals surface area contributed by atoms with Crippen LogP contribution in [-0.2, 0) is 17.5 Å². The Morgan fingerprint density at radius 3 is 2.37 bits per heavy atom. The number of nitro groups is 2. The molecule has 14 heteroatoms. The highest BCUT2D eigenvalue weighted by Crippen LogP contribution is 2.37. The summed E-state index contributed by atoms with van der Waals surface area (Å²) in [6.07, 6.45) is -5.09. The van der Waals surface area contributed by atoms with E-state index in [1.165, 1.54) is 0 Å². The van der Waals surface area contributed by atoms with Crippen molar-refractivity contribution in [3.63, 3.8) is 0 Å². The number of carbonyl (C=O) groups is 1. The number of phenolic OH excluding ortho intramolecular Hbond substituents is 1. The second-order valence-electron chi connectivity index (χ2n) is 5.20. The summed E-state index contributed by atoms with van der Waals surface area (Å²) >= 11 is 0. The number of nitro benzene ring substituents is 1. The lowest BCUT2D eigenvalue weighted by Gasteiger charge is -2.08. The largest absolute Gasteiger partial charge is 0.506 e. The third-order valence-electron chi connectivity index (χ3n) is 3.39. The predicted octanol–water partition coefficient (Wildman–Crippen LogP) is 2.37. The molecule has 2 rings (SSSR count). The zero-order valence-electron chi connectivity index (χ0n) is 13.4. The molecule has 1 heterocycles. The second kappa shape index (κ2) is 6.89. The number of carbonyl (C=O) groups excluding carboxylic acids is 1. The van der Waals surface area contributed by atoms with Crippen molar-refractivity contribution in [1.29, 1.82) is 0 Å². The Morgan fingerprint density at radius 1 is 1.30 bits per heavy atom. The van der Waals surface area contributed by atoms with Crippen LogP contribution < -0.4 is 5.32 Å². The number of alkyl halides is 3. The first-order chi connectivity index (χ1) is 12.4. The van der Waals surface area contributed by atoms with Crippen molar-refractivity contribution in [2.45, 2.75) is 19.6 Å². The predicted molar refractivity (Wildman–Crippen MR) is 82.0 cm³/mol. The first-order valence-electron chi connectivity index (χ1n) is 6.98. The van der Waals surface area contributed by atoms with E-state index in [0.717, 1.165) is 25.1 Å². The third kappa shape index (κ3) is 4.10. The zero-order valence-corrected chi connectivity index (χ0v) is 13.4. The standard InChI is InChI=1S/C13H10F3N5O6/c1-6-11(21(26)27)12(13(14,15)16)18-19(6)5-10(23)17-8-3-2-7(20(24)25)4-9(8)22/h2-4,22H,5H2,1H3,(H,17,23). The number of aromatic hydroxyl groups is 1. The van der Waals surface area contributed by atoms with Gasteiger partial charge < -0.3 is 10.4 Å². The first kappa shape index (κ1) is 19.6. The summed E-state index contributed by atoms with van der Waals surface area (Å²) in [7, 11) is 0.